The Morgan fingerprint density at radius 2 is 1.60 bits per heavy atom. The van der Waals surface area contributed by atoms with Crippen LogP contribution in [0.25, 0.3) is 0 Å². The Kier molecular flexibility index (Phi) is 7.26. The van der Waals surface area contributed by atoms with E-state index in [9.17, 15) is 34.8 Å². The molecule has 10 atom stereocenters. The number of benzene rings is 1. The van der Waals surface area contributed by atoms with Gasteiger partial charge in [-0.15, -0.1) is 0 Å². The van der Waals surface area contributed by atoms with Crippen LogP contribution in [0.2, 0.25) is 0 Å². The van der Waals surface area contributed by atoms with Crippen LogP contribution < -0.4 is 0 Å². The molecule has 8 heteroatoms. The van der Waals surface area contributed by atoms with E-state index in [1.54, 1.807) is 0 Å². The highest BCUT2D eigenvalue weighted by molar-refractivity contribution is 5.90. The Morgan fingerprint density at radius 3 is 2.22 bits per heavy atom. The number of carbonyl (C=O) groups excluding carboxylic acids is 1. The van der Waals surface area contributed by atoms with E-state index in [0.29, 0.717) is 31.6 Å². The fraction of sp³-hybridized carbons (Fsp3) is 0.703. The molecule has 8 nitrogen and oxygen atoms in total. The van der Waals surface area contributed by atoms with E-state index in [1.807, 2.05) is 6.92 Å². The molecule has 0 saturated heterocycles. The second-order valence-electron chi connectivity index (χ2n) is 16.6. The molecule has 5 aliphatic carbocycles. The van der Waals surface area contributed by atoms with Crippen LogP contribution in [0.3, 0.4) is 0 Å². The van der Waals surface area contributed by atoms with E-state index >= 15 is 0 Å². The van der Waals surface area contributed by atoms with E-state index < -0.39 is 34.2 Å². The highest BCUT2D eigenvalue weighted by Gasteiger charge is 2.76. The molecular formula is C37H50O8. The third kappa shape index (κ3) is 4.11. The van der Waals surface area contributed by atoms with E-state index in [0.717, 1.165) is 37.7 Å². The van der Waals surface area contributed by atoms with Crippen molar-refractivity contribution in [1.29, 1.82) is 0 Å². The van der Waals surface area contributed by atoms with Crippen molar-refractivity contribution in [3.8, 4) is 11.5 Å². The van der Waals surface area contributed by atoms with Crippen LogP contribution in [0.4, 0.5) is 0 Å². The van der Waals surface area contributed by atoms with Gasteiger partial charge in [0.25, 0.3) is 0 Å². The van der Waals surface area contributed by atoms with E-state index in [1.165, 1.54) is 18.2 Å². The van der Waals surface area contributed by atoms with Crippen LogP contribution >= 0.6 is 0 Å². The molecule has 4 N–H and O–H groups in total. The van der Waals surface area contributed by atoms with E-state index in [4.69, 9.17) is 4.74 Å². The first kappa shape index (κ1) is 31.9. The van der Waals surface area contributed by atoms with Crippen molar-refractivity contribution in [2.45, 2.75) is 92.4 Å². The SMILES string of the molecule is C=C(C)[C@@H]1CC[C@]2(C(=O)O)CC[C@]3(C(=O)O)[C@H](CC[C@@H]4[C@@]5(C)[C@H](COC(=O)c6ccc(O)c(O)c6)CC(C)(C)[C@@H]5CC[C@]43C)[C@@H]12. The molecule has 1 aromatic rings. The molecule has 45 heavy (non-hydrogen) atoms. The number of phenolic OH excluding ortho intramolecular Hbond substituents is 2. The summed E-state index contributed by atoms with van der Waals surface area (Å²) in [4.78, 5) is 39.9. The van der Waals surface area contributed by atoms with Gasteiger partial charge in [-0.25, -0.2) is 4.79 Å². The van der Waals surface area contributed by atoms with Crippen LogP contribution in [0, 0.1) is 62.6 Å². The molecule has 6 rings (SSSR count). The van der Waals surface area contributed by atoms with Crippen molar-refractivity contribution >= 4 is 17.9 Å². The van der Waals surface area contributed by atoms with Crippen molar-refractivity contribution in [3.05, 3.63) is 35.9 Å². The number of ether oxygens (including phenoxy) is 1. The van der Waals surface area contributed by atoms with Crippen LogP contribution in [0.1, 0.15) is 103 Å². The van der Waals surface area contributed by atoms with Gasteiger partial charge in [0.2, 0.25) is 0 Å². The minimum Gasteiger partial charge on any atom is -0.504 e. The molecule has 5 fully saturated rings. The monoisotopic (exact) mass is 622 g/mol. The van der Waals surface area contributed by atoms with Crippen LogP contribution in [0.5, 0.6) is 11.5 Å². The summed E-state index contributed by atoms with van der Waals surface area (Å²) >= 11 is 0. The van der Waals surface area contributed by atoms with Crippen molar-refractivity contribution in [3.63, 3.8) is 0 Å². The second-order valence-corrected chi connectivity index (χ2v) is 16.6. The number of hydrogen-bond acceptors (Lipinski definition) is 6. The summed E-state index contributed by atoms with van der Waals surface area (Å²) in [6.07, 6.45) is 6.11. The Labute approximate surface area is 266 Å². The zero-order chi connectivity index (χ0) is 32.9. The summed E-state index contributed by atoms with van der Waals surface area (Å²) in [5.41, 5.74) is -1.67. The average Bonchev–Trinajstić information content (AvgIpc) is 3.46. The number of phenols is 2. The van der Waals surface area contributed by atoms with Crippen LogP contribution in [0.15, 0.2) is 30.4 Å². The van der Waals surface area contributed by atoms with Crippen molar-refractivity contribution in [2.24, 2.45) is 62.6 Å². The number of aliphatic carboxylic acids is 2. The van der Waals surface area contributed by atoms with Gasteiger partial charge in [-0.1, -0.05) is 39.8 Å². The zero-order valence-corrected chi connectivity index (χ0v) is 27.4. The van der Waals surface area contributed by atoms with Gasteiger partial charge in [-0.2, -0.15) is 0 Å². The number of carboxylic acids is 2. The highest BCUT2D eigenvalue weighted by Crippen LogP contribution is 2.79. The van der Waals surface area contributed by atoms with Gasteiger partial charge >= 0.3 is 17.9 Å². The topological polar surface area (TPSA) is 141 Å². The van der Waals surface area contributed by atoms with Gasteiger partial charge in [0, 0.05) is 0 Å². The zero-order valence-electron chi connectivity index (χ0n) is 27.4. The summed E-state index contributed by atoms with van der Waals surface area (Å²) in [6, 6.07) is 3.90. The molecule has 0 spiro atoms. The molecule has 0 unspecified atom stereocenters. The Hall–Kier alpha value is -3.03. The van der Waals surface area contributed by atoms with Crippen molar-refractivity contribution in [1.82, 2.24) is 0 Å². The third-order valence-electron chi connectivity index (χ3n) is 14.7. The normalized spacial score (nSPS) is 42.9. The predicted octanol–water partition coefficient (Wildman–Crippen LogP) is 7.29. The molecule has 0 amide bonds. The minimum absolute atomic E-state index is 0.00844. The van der Waals surface area contributed by atoms with Crippen LogP contribution in [-0.4, -0.2) is 44.9 Å². The number of fused-ring (bicyclic) bond motifs is 7. The lowest BCUT2D eigenvalue weighted by atomic mass is 9.33. The molecule has 0 heterocycles. The molecule has 0 aliphatic heterocycles. The maximum absolute atomic E-state index is 13.9. The number of rotatable bonds is 6. The van der Waals surface area contributed by atoms with Gasteiger partial charge in [0.05, 0.1) is 23.0 Å². The summed E-state index contributed by atoms with van der Waals surface area (Å²) in [5, 5.41) is 41.6. The minimum atomic E-state index is -1.04. The number of carbonyl (C=O) groups is 3. The number of hydrogen-bond donors (Lipinski definition) is 4. The average molecular weight is 623 g/mol. The molecule has 5 saturated carbocycles. The quantitative estimate of drug-likeness (QED) is 0.147. The maximum Gasteiger partial charge on any atom is 0.338 e. The summed E-state index contributed by atoms with van der Waals surface area (Å²) in [7, 11) is 0. The van der Waals surface area contributed by atoms with Gasteiger partial charge in [-0.3, -0.25) is 9.59 Å². The van der Waals surface area contributed by atoms with E-state index in [2.05, 4.69) is 34.3 Å². The maximum atomic E-state index is 13.9. The Morgan fingerprint density at radius 1 is 0.889 bits per heavy atom. The molecule has 1 aromatic carbocycles. The smallest absolute Gasteiger partial charge is 0.338 e. The molecule has 0 radical (unpaired) electrons. The molecular weight excluding hydrogens is 572 g/mol. The number of allylic oxidation sites excluding steroid dienone is 1. The van der Waals surface area contributed by atoms with Gasteiger partial charge in [-0.05, 0) is 135 Å². The number of esters is 1. The molecule has 0 bridgehead atoms. The third-order valence-corrected chi connectivity index (χ3v) is 14.7. The van der Waals surface area contributed by atoms with Crippen molar-refractivity contribution < 1.29 is 39.5 Å². The Balaban J connectivity index is 1.38. The van der Waals surface area contributed by atoms with Gasteiger partial charge in [0.1, 0.15) is 0 Å². The van der Waals surface area contributed by atoms with Gasteiger partial charge < -0.3 is 25.2 Å². The highest BCUT2D eigenvalue weighted by atomic mass is 16.5. The van der Waals surface area contributed by atoms with Crippen LogP contribution in [-0.2, 0) is 14.3 Å². The van der Waals surface area contributed by atoms with Crippen molar-refractivity contribution in [2.75, 3.05) is 6.61 Å². The molecule has 5 aliphatic rings. The van der Waals surface area contributed by atoms with Gasteiger partial charge in [0.15, 0.2) is 11.5 Å². The Bertz CT molecular complexity index is 1450. The predicted molar refractivity (Wildman–Crippen MR) is 167 cm³/mol. The standard InChI is InChI=1S/C37H50O8/c1-20(2)23-11-14-36(31(41)42)15-16-37(32(43)44)24(29(23)36)8-10-28-34(37,5)13-12-27-33(3,4)18-22(35(27,28)6)19-45-30(40)21-7-9-25(38)26(39)17-21/h7,9,17,22-24,27-29,38-39H,1,8,10-16,18-19H2,2-6H3,(H,41,42)(H,43,44)/t22-,23-,24+,27-,28-,29+,34+,35-,36-,37+/m0/s1. The summed E-state index contributed by atoms with van der Waals surface area (Å²) in [6.45, 7) is 15.5. The largest absolute Gasteiger partial charge is 0.504 e. The number of carboxylic acid groups (broad SMARTS) is 2. The van der Waals surface area contributed by atoms with E-state index in [-0.39, 0.29) is 64.1 Å². The first-order valence-corrected chi connectivity index (χ1v) is 16.8. The lowest BCUT2D eigenvalue weighted by Gasteiger charge is -2.69. The second kappa shape index (κ2) is 10.2. The summed E-state index contributed by atoms with van der Waals surface area (Å²) in [5.74, 6) is -2.87. The lowest BCUT2D eigenvalue weighted by Crippen LogP contribution is -2.68. The number of aromatic hydroxyl groups is 2. The first-order chi connectivity index (χ1) is 21.0. The summed E-state index contributed by atoms with van der Waals surface area (Å²) < 4.78 is 5.92. The fourth-order valence-corrected chi connectivity index (χ4v) is 12.9. The fourth-order valence-electron chi connectivity index (χ4n) is 12.9. The molecule has 0 aromatic heterocycles. The lowest BCUT2D eigenvalue weighted by molar-refractivity contribution is -0.240. The molecule has 246 valence electrons. The first-order valence-electron chi connectivity index (χ1n) is 16.8.